The molecule has 2 N–H and O–H groups in total. The van der Waals surface area contributed by atoms with Gasteiger partial charge in [0, 0.05) is 0 Å². The summed E-state index contributed by atoms with van der Waals surface area (Å²) in [4.78, 5) is 0. The van der Waals surface area contributed by atoms with Gasteiger partial charge in [-0.15, -0.1) is 0 Å². The average molecular weight is 179 g/mol. The average Bonchev–Trinajstić information content (AvgIpc) is 2.15. The number of hydrogen-bond donors (Lipinski definition) is 1. The molecule has 74 valence electrons. The molecule has 0 heterocycles. The van der Waals surface area contributed by atoms with Crippen molar-refractivity contribution in [3.8, 4) is 0 Å². The second kappa shape index (κ2) is 6.67. The SMILES string of the molecule is CCCc1ccc(C)c(C)c1.CN. The molecule has 0 aliphatic heterocycles. The molecule has 1 aromatic carbocycles. The fourth-order valence-corrected chi connectivity index (χ4v) is 1.25. The largest absolute Gasteiger partial charge is 0.333 e. The predicted octanol–water partition coefficient (Wildman–Crippen LogP) is 2.83. The summed E-state index contributed by atoms with van der Waals surface area (Å²) < 4.78 is 0. The van der Waals surface area contributed by atoms with Crippen molar-refractivity contribution in [2.24, 2.45) is 5.73 Å². The summed E-state index contributed by atoms with van der Waals surface area (Å²) in [5.41, 5.74) is 8.77. The monoisotopic (exact) mass is 179 g/mol. The van der Waals surface area contributed by atoms with E-state index in [-0.39, 0.29) is 0 Å². The maximum absolute atomic E-state index is 4.50. The summed E-state index contributed by atoms with van der Waals surface area (Å²) in [7, 11) is 1.50. The van der Waals surface area contributed by atoms with Crippen LogP contribution in [-0.2, 0) is 6.42 Å². The highest BCUT2D eigenvalue weighted by Crippen LogP contribution is 2.10. The molecule has 0 aromatic heterocycles. The number of rotatable bonds is 2. The van der Waals surface area contributed by atoms with Crippen LogP contribution in [-0.4, -0.2) is 7.05 Å². The minimum absolute atomic E-state index is 1.21. The maximum Gasteiger partial charge on any atom is -0.0195 e. The van der Waals surface area contributed by atoms with E-state index < -0.39 is 0 Å². The van der Waals surface area contributed by atoms with Crippen LogP contribution in [0, 0.1) is 13.8 Å². The molecule has 1 heteroatoms. The lowest BCUT2D eigenvalue weighted by molar-refractivity contribution is 0.919. The normalized spacial score (nSPS) is 9.00. The predicted molar refractivity (Wildman–Crippen MR) is 60.0 cm³/mol. The minimum Gasteiger partial charge on any atom is -0.333 e. The van der Waals surface area contributed by atoms with Crippen molar-refractivity contribution in [3.05, 3.63) is 34.9 Å². The van der Waals surface area contributed by atoms with Crippen LogP contribution in [0.15, 0.2) is 18.2 Å². The molecule has 0 unspecified atom stereocenters. The Balaban J connectivity index is 0.000000671. The maximum atomic E-state index is 4.50. The lowest BCUT2D eigenvalue weighted by atomic mass is 10.0. The first-order valence-electron chi connectivity index (χ1n) is 4.88. The lowest BCUT2D eigenvalue weighted by Gasteiger charge is -2.02. The topological polar surface area (TPSA) is 26.0 Å². The molecule has 1 aromatic rings. The van der Waals surface area contributed by atoms with Gasteiger partial charge in [-0.25, -0.2) is 0 Å². The van der Waals surface area contributed by atoms with Crippen molar-refractivity contribution in [1.29, 1.82) is 0 Å². The fraction of sp³-hybridized carbons (Fsp3) is 0.500. The zero-order chi connectivity index (χ0) is 10.3. The number of hydrogen-bond acceptors (Lipinski definition) is 1. The third kappa shape index (κ3) is 4.09. The van der Waals surface area contributed by atoms with E-state index in [1.165, 1.54) is 36.6 Å². The van der Waals surface area contributed by atoms with Crippen molar-refractivity contribution in [1.82, 2.24) is 0 Å². The van der Waals surface area contributed by atoms with Gasteiger partial charge in [0.25, 0.3) is 0 Å². The van der Waals surface area contributed by atoms with E-state index in [9.17, 15) is 0 Å². The van der Waals surface area contributed by atoms with Gasteiger partial charge < -0.3 is 5.73 Å². The number of nitrogens with two attached hydrogens (primary N) is 1. The molecule has 0 aliphatic carbocycles. The number of benzene rings is 1. The van der Waals surface area contributed by atoms with E-state index in [0.29, 0.717) is 0 Å². The molecule has 0 saturated carbocycles. The standard InChI is InChI=1S/C11H16.CH5N/c1-4-5-11-7-6-9(2)10(3)8-11;1-2/h6-8H,4-5H2,1-3H3;2H2,1H3. The van der Waals surface area contributed by atoms with E-state index in [1.54, 1.807) is 0 Å². The Morgan fingerprint density at radius 3 is 2.15 bits per heavy atom. The Kier molecular flexibility index (Phi) is 6.25. The van der Waals surface area contributed by atoms with Crippen molar-refractivity contribution < 1.29 is 0 Å². The smallest absolute Gasteiger partial charge is 0.0195 e. The molecule has 0 bridgehead atoms. The van der Waals surface area contributed by atoms with Gasteiger partial charge in [-0.3, -0.25) is 0 Å². The van der Waals surface area contributed by atoms with Crippen LogP contribution in [0.1, 0.15) is 30.0 Å². The zero-order valence-electron chi connectivity index (χ0n) is 9.22. The van der Waals surface area contributed by atoms with Crippen LogP contribution in [0.4, 0.5) is 0 Å². The number of aryl methyl sites for hydroxylation is 3. The van der Waals surface area contributed by atoms with Crippen molar-refractivity contribution >= 4 is 0 Å². The van der Waals surface area contributed by atoms with E-state index in [1.807, 2.05) is 0 Å². The molecule has 0 fully saturated rings. The van der Waals surface area contributed by atoms with E-state index in [0.717, 1.165) is 0 Å². The molecule has 0 radical (unpaired) electrons. The molecule has 0 saturated heterocycles. The molecule has 0 atom stereocenters. The first-order chi connectivity index (χ1) is 6.24. The Morgan fingerprint density at radius 1 is 1.08 bits per heavy atom. The molecule has 1 nitrogen and oxygen atoms in total. The summed E-state index contributed by atoms with van der Waals surface area (Å²) >= 11 is 0. The van der Waals surface area contributed by atoms with Crippen molar-refractivity contribution in [2.45, 2.75) is 33.6 Å². The quantitative estimate of drug-likeness (QED) is 0.742. The third-order valence-corrected chi connectivity index (χ3v) is 2.11. The summed E-state index contributed by atoms with van der Waals surface area (Å²) in [5.74, 6) is 0. The van der Waals surface area contributed by atoms with E-state index in [2.05, 4.69) is 44.7 Å². The van der Waals surface area contributed by atoms with Crippen LogP contribution in [0.25, 0.3) is 0 Å². The van der Waals surface area contributed by atoms with Crippen LogP contribution >= 0.6 is 0 Å². The van der Waals surface area contributed by atoms with Crippen LogP contribution in [0.2, 0.25) is 0 Å². The van der Waals surface area contributed by atoms with Crippen LogP contribution < -0.4 is 5.73 Å². The Labute approximate surface area is 82.0 Å². The summed E-state index contributed by atoms with van der Waals surface area (Å²) in [6.07, 6.45) is 2.45. The molecule has 0 spiro atoms. The van der Waals surface area contributed by atoms with E-state index in [4.69, 9.17) is 0 Å². The van der Waals surface area contributed by atoms with Gasteiger partial charge in [-0.1, -0.05) is 31.5 Å². The molecule has 13 heavy (non-hydrogen) atoms. The minimum atomic E-state index is 1.21. The highest BCUT2D eigenvalue weighted by atomic mass is 14.4. The molecule has 0 amide bonds. The van der Waals surface area contributed by atoms with E-state index >= 15 is 0 Å². The Morgan fingerprint density at radius 2 is 1.69 bits per heavy atom. The summed E-state index contributed by atoms with van der Waals surface area (Å²) in [6, 6.07) is 6.73. The third-order valence-electron chi connectivity index (χ3n) is 2.11. The van der Waals surface area contributed by atoms with Crippen LogP contribution in [0.3, 0.4) is 0 Å². The van der Waals surface area contributed by atoms with Gasteiger partial charge in [-0.2, -0.15) is 0 Å². The van der Waals surface area contributed by atoms with Gasteiger partial charge in [0.1, 0.15) is 0 Å². The van der Waals surface area contributed by atoms with Gasteiger partial charge in [0.2, 0.25) is 0 Å². The van der Waals surface area contributed by atoms with Gasteiger partial charge in [-0.05, 0) is 44.0 Å². The van der Waals surface area contributed by atoms with Gasteiger partial charge >= 0.3 is 0 Å². The lowest BCUT2D eigenvalue weighted by Crippen LogP contribution is -1.86. The Bertz CT molecular complexity index is 241. The summed E-state index contributed by atoms with van der Waals surface area (Å²) in [5, 5.41) is 0. The van der Waals surface area contributed by atoms with Crippen molar-refractivity contribution in [3.63, 3.8) is 0 Å². The zero-order valence-corrected chi connectivity index (χ0v) is 9.22. The van der Waals surface area contributed by atoms with Gasteiger partial charge in [0.15, 0.2) is 0 Å². The Hall–Kier alpha value is -0.820. The molecular weight excluding hydrogens is 158 g/mol. The first kappa shape index (κ1) is 12.2. The highest BCUT2D eigenvalue weighted by Gasteiger charge is 1.93. The van der Waals surface area contributed by atoms with Gasteiger partial charge in [0.05, 0.1) is 0 Å². The molecular formula is C12H21N. The van der Waals surface area contributed by atoms with Crippen LogP contribution in [0.5, 0.6) is 0 Å². The molecule has 1 rings (SSSR count). The second-order valence-corrected chi connectivity index (χ2v) is 3.17. The fourth-order valence-electron chi connectivity index (χ4n) is 1.25. The summed E-state index contributed by atoms with van der Waals surface area (Å²) in [6.45, 7) is 6.55. The highest BCUT2D eigenvalue weighted by molar-refractivity contribution is 5.29. The first-order valence-corrected chi connectivity index (χ1v) is 4.88. The second-order valence-electron chi connectivity index (χ2n) is 3.17. The van der Waals surface area contributed by atoms with Crippen molar-refractivity contribution in [2.75, 3.05) is 7.05 Å². The molecule has 0 aliphatic rings.